The van der Waals surface area contributed by atoms with E-state index in [1.54, 1.807) is 12.0 Å². The number of piperidine rings is 1. The summed E-state index contributed by atoms with van der Waals surface area (Å²) in [5.74, 6) is -0.223. The van der Waals surface area contributed by atoms with E-state index in [-0.39, 0.29) is 11.8 Å². The van der Waals surface area contributed by atoms with Gasteiger partial charge in [0.2, 0.25) is 5.91 Å². The van der Waals surface area contributed by atoms with Crippen molar-refractivity contribution in [2.24, 2.45) is 0 Å². The highest BCUT2D eigenvalue weighted by Crippen LogP contribution is 2.25. The van der Waals surface area contributed by atoms with Crippen LogP contribution in [0.15, 0.2) is 30.3 Å². The number of carbonyl (C=O) groups excluding carboxylic acids is 2. The third kappa shape index (κ3) is 3.09. The number of methoxy groups -OCH3 is 1. The Morgan fingerprint density at radius 3 is 2.65 bits per heavy atom. The summed E-state index contributed by atoms with van der Waals surface area (Å²) in [6, 6.07) is 9.08. The van der Waals surface area contributed by atoms with Gasteiger partial charge in [-0.25, -0.2) is 0 Å². The minimum atomic E-state index is -0.814. The molecule has 1 aromatic carbocycles. The van der Waals surface area contributed by atoms with E-state index in [9.17, 15) is 9.59 Å². The summed E-state index contributed by atoms with van der Waals surface area (Å²) < 4.78 is 5.52. The molecule has 2 fully saturated rings. The normalized spacial score (nSPS) is 23.8. The van der Waals surface area contributed by atoms with Gasteiger partial charge in [-0.1, -0.05) is 18.2 Å². The number of benzene rings is 1. The first kappa shape index (κ1) is 16.0. The maximum absolute atomic E-state index is 12.7. The number of carbonyl (C=O) groups is 2. The first-order valence-corrected chi connectivity index (χ1v) is 8.09. The van der Waals surface area contributed by atoms with Gasteiger partial charge >= 0.3 is 0 Å². The predicted molar refractivity (Wildman–Crippen MR) is 87.2 cm³/mol. The number of anilines is 1. The molecule has 1 aromatic rings. The zero-order chi connectivity index (χ0) is 16.3. The average molecular weight is 317 g/mol. The second kappa shape index (κ2) is 6.68. The molecule has 0 bridgehead atoms. The largest absolute Gasteiger partial charge is 0.368 e. The van der Waals surface area contributed by atoms with Gasteiger partial charge < -0.3 is 20.3 Å². The Morgan fingerprint density at radius 2 is 2.00 bits per heavy atom. The van der Waals surface area contributed by atoms with Crippen LogP contribution in [0.3, 0.4) is 0 Å². The van der Waals surface area contributed by atoms with E-state index >= 15 is 0 Å². The SMILES string of the molecule is COC1(C(=O)NC2CCN(c3ccccc3)C2=O)CCNCC1. The number of hydrogen-bond donors (Lipinski definition) is 2. The molecular weight excluding hydrogens is 294 g/mol. The lowest BCUT2D eigenvalue weighted by molar-refractivity contribution is -0.148. The first-order valence-electron chi connectivity index (χ1n) is 8.09. The van der Waals surface area contributed by atoms with Crippen LogP contribution in [0.5, 0.6) is 0 Å². The van der Waals surface area contributed by atoms with Crippen LogP contribution in [-0.4, -0.2) is 50.2 Å². The Bertz CT molecular complexity index is 570. The molecular formula is C17H23N3O3. The number of ether oxygens (including phenoxy) is 1. The van der Waals surface area contributed by atoms with Crippen LogP contribution in [0, 0.1) is 0 Å². The summed E-state index contributed by atoms with van der Waals surface area (Å²) in [6.07, 6.45) is 1.87. The lowest BCUT2D eigenvalue weighted by Gasteiger charge is -2.35. The molecule has 23 heavy (non-hydrogen) atoms. The molecule has 2 amide bonds. The van der Waals surface area contributed by atoms with E-state index in [0.29, 0.717) is 25.8 Å². The molecule has 1 atom stereocenters. The second-order valence-corrected chi connectivity index (χ2v) is 6.09. The van der Waals surface area contributed by atoms with Crippen molar-refractivity contribution < 1.29 is 14.3 Å². The van der Waals surface area contributed by atoms with E-state index in [0.717, 1.165) is 18.8 Å². The third-order valence-electron chi connectivity index (χ3n) is 4.79. The topological polar surface area (TPSA) is 70.7 Å². The molecule has 3 rings (SSSR count). The van der Waals surface area contributed by atoms with Crippen molar-refractivity contribution in [1.82, 2.24) is 10.6 Å². The van der Waals surface area contributed by atoms with Gasteiger partial charge in [0.15, 0.2) is 0 Å². The highest BCUT2D eigenvalue weighted by molar-refractivity contribution is 6.02. The van der Waals surface area contributed by atoms with Crippen molar-refractivity contribution in [2.45, 2.75) is 30.9 Å². The van der Waals surface area contributed by atoms with Crippen molar-refractivity contribution >= 4 is 17.5 Å². The molecule has 0 aliphatic carbocycles. The van der Waals surface area contributed by atoms with Crippen LogP contribution in [0.1, 0.15) is 19.3 Å². The Morgan fingerprint density at radius 1 is 1.30 bits per heavy atom. The molecule has 1 unspecified atom stereocenters. The van der Waals surface area contributed by atoms with Gasteiger partial charge in [-0.3, -0.25) is 9.59 Å². The second-order valence-electron chi connectivity index (χ2n) is 6.09. The number of hydrogen-bond acceptors (Lipinski definition) is 4. The predicted octanol–water partition coefficient (Wildman–Crippen LogP) is 0.677. The van der Waals surface area contributed by atoms with Crippen molar-refractivity contribution in [2.75, 3.05) is 31.6 Å². The standard InChI is InChI=1S/C17H23N3O3/c1-23-17(8-10-18-11-9-17)16(22)19-14-7-12-20(15(14)21)13-5-3-2-4-6-13/h2-6,14,18H,7-12H2,1H3,(H,19,22). The van der Waals surface area contributed by atoms with Gasteiger partial charge in [0, 0.05) is 19.3 Å². The molecule has 2 aliphatic rings. The lowest BCUT2D eigenvalue weighted by atomic mass is 9.90. The molecule has 2 N–H and O–H groups in total. The third-order valence-corrected chi connectivity index (χ3v) is 4.79. The van der Waals surface area contributed by atoms with Gasteiger partial charge in [0.25, 0.3) is 5.91 Å². The smallest absolute Gasteiger partial charge is 0.252 e. The number of para-hydroxylation sites is 1. The van der Waals surface area contributed by atoms with Crippen LogP contribution in [0.2, 0.25) is 0 Å². The van der Waals surface area contributed by atoms with Crippen LogP contribution in [-0.2, 0) is 14.3 Å². The van der Waals surface area contributed by atoms with Crippen molar-refractivity contribution in [3.8, 4) is 0 Å². The van der Waals surface area contributed by atoms with Crippen molar-refractivity contribution in [3.63, 3.8) is 0 Å². The van der Waals surface area contributed by atoms with Crippen molar-refractivity contribution in [1.29, 1.82) is 0 Å². The molecule has 6 heteroatoms. The summed E-state index contributed by atoms with van der Waals surface area (Å²) in [5, 5.41) is 6.13. The zero-order valence-electron chi connectivity index (χ0n) is 13.4. The molecule has 2 aliphatic heterocycles. The van der Waals surface area contributed by atoms with Crippen LogP contribution in [0.4, 0.5) is 5.69 Å². The van der Waals surface area contributed by atoms with Gasteiger partial charge in [0.05, 0.1) is 0 Å². The highest BCUT2D eigenvalue weighted by atomic mass is 16.5. The van der Waals surface area contributed by atoms with Gasteiger partial charge in [-0.2, -0.15) is 0 Å². The van der Waals surface area contributed by atoms with E-state index in [1.165, 1.54) is 0 Å². The van der Waals surface area contributed by atoms with E-state index in [1.807, 2.05) is 30.3 Å². The maximum atomic E-state index is 12.7. The van der Waals surface area contributed by atoms with Crippen LogP contribution < -0.4 is 15.5 Å². The zero-order valence-corrected chi connectivity index (χ0v) is 13.4. The Balaban J connectivity index is 1.67. The minimum Gasteiger partial charge on any atom is -0.368 e. The molecule has 2 saturated heterocycles. The van der Waals surface area contributed by atoms with Crippen LogP contribution >= 0.6 is 0 Å². The van der Waals surface area contributed by atoms with Crippen LogP contribution in [0.25, 0.3) is 0 Å². The van der Waals surface area contributed by atoms with Gasteiger partial charge in [-0.05, 0) is 44.5 Å². The van der Waals surface area contributed by atoms with Gasteiger partial charge in [-0.15, -0.1) is 0 Å². The molecule has 0 radical (unpaired) electrons. The Hall–Kier alpha value is -1.92. The molecule has 124 valence electrons. The summed E-state index contributed by atoms with van der Waals surface area (Å²) >= 11 is 0. The fraction of sp³-hybridized carbons (Fsp3) is 0.529. The van der Waals surface area contributed by atoms with Gasteiger partial charge in [0.1, 0.15) is 11.6 Å². The monoisotopic (exact) mass is 317 g/mol. The molecule has 6 nitrogen and oxygen atoms in total. The van der Waals surface area contributed by atoms with E-state index < -0.39 is 11.6 Å². The summed E-state index contributed by atoms with van der Waals surface area (Å²) in [5.41, 5.74) is 0.0590. The highest BCUT2D eigenvalue weighted by Gasteiger charge is 2.43. The Labute approximate surface area is 136 Å². The van der Waals surface area contributed by atoms with Crippen molar-refractivity contribution in [3.05, 3.63) is 30.3 Å². The summed E-state index contributed by atoms with van der Waals surface area (Å²) in [7, 11) is 1.57. The Kier molecular flexibility index (Phi) is 4.63. The quantitative estimate of drug-likeness (QED) is 0.857. The number of amides is 2. The summed E-state index contributed by atoms with van der Waals surface area (Å²) in [6.45, 7) is 2.11. The number of nitrogens with one attached hydrogen (secondary N) is 2. The average Bonchev–Trinajstić information content (AvgIpc) is 2.97. The number of rotatable bonds is 4. The number of nitrogens with zero attached hydrogens (tertiary/aromatic N) is 1. The maximum Gasteiger partial charge on any atom is 0.252 e. The molecule has 0 saturated carbocycles. The molecule has 0 spiro atoms. The molecule has 2 heterocycles. The fourth-order valence-electron chi connectivity index (χ4n) is 3.32. The lowest BCUT2D eigenvalue weighted by Crippen LogP contribution is -2.57. The first-order chi connectivity index (χ1) is 11.2. The summed E-state index contributed by atoms with van der Waals surface area (Å²) in [4.78, 5) is 27.0. The van der Waals surface area contributed by atoms with E-state index in [4.69, 9.17) is 4.74 Å². The minimum absolute atomic E-state index is 0.0512. The molecule has 0 aromatic heterocycles. The fourth-order valence-corrected chi connectivity index (χ4v) is 3.32. The van der Waals surface area contributed by atoms with E-state index in [2.05, 4.69) is 10.6 Å².